The van der Waals surface area contributed by atoms with Gasteiger partial charge < -0.3 is 5.32 Å². The molecule has 0 amide bonds. The van der Waals surface area contributed by atoms with Crippen LogP contribution < -0.4 is 5.32 Å². The standard InChI is InChI=1S/C10H17F2N3.ClH/c1-3-4-5-6-13-9-7-15(10(11)12)14-8(9)2;/h7,10,13H,3-6H2,1-2H3;1H. The molecule has 1 aromatic rings. The average Bonchev–Trinajstić information content (AvgIpc) is 2.55. The van der Waals surface area contributed by atoms with Crippen LogP contribution in [0.25, 0.3) is 0 Å². The lowest BCUT2D eigenvalue weighted by Crippen LogP contribution is -2.01. The van der Waals surface area contributed by atoms with Gasteiger partial charge in [0.15, 0.2) is 0 Å². The Morgan fingerprint density at radius 1 is 1.44 bits per heavy atom. The number of nitrogens with one attached hydrogen (secondary N) is 1. The summed E-state index contributed by atoms with van der Waals surface area (Å²) in [5.74, 6) is 0. The van der Waals surface area contributed by atoms with Crippen LogP contribution in [0.15, 0.2) is 6.20 Å². The lowest BCUT2D eigenvalue weighted by atomic mass is 10.2. The maximum absolute atomic E-state index is 12.3. The van der Waals surface area contributed by atoms with Crippen LogP contribution in [-0.4, -0.2) is 16.3 Å². The highest BCUT2D eigenvalue weighted by atomic mass is 35.5. The normalized spacial score (nSPS) is 10.3. The van der Waals surface area contributed by atoms with Crippen molar-refractivity contribution in [2.24, 2.45) is 0 Å². The molecule has 1 aromatic heterocycles. The van der Waals surface area contributed by atoms with Gasteiger partial charge in [0.05, 0.1) is 17.6 Å². The monoisotopic (exact) mass is 253 g/mol. The topological polar surface area (TPSA) is 29.9 Å². The zero-order valence-electron chi connectivity index (χ0n) is 9.54. The molecule has 0 spiro atoms. The SMILES string of the molecule is CCCCCNc1cn(C(F)F)nc1C.Cl. The average molecular weight is 254 g/mol. The first-order valence-corrected chi connectivity index (χ1v) is 5.23. The van der Waals surface area contributed by atoms with Gasteiger partial charge in [0.25, 0.3) is 0 Å². The highest BCUT2D eigenvalue weighted by molar-refractivity contribution is 5.85. The molecule has 0 aromatic carbocycles. The molecule has 0 aliphatic rings. The van der Waals surface area contributed by atoms with E-state index in [2.05, 4.69) is 17.3 Å². The summed E-state index contributed by atoms with van der Waals surface area (Å²) in [6.45, 7) is 2.10. The Kier molecular flexibility index (Phi) is 7.05. The molecule has 3 nitrogen and oxygen atoms in total. The van der Waals surface area contributed by atoms with E-state index in [4.69, 9.17) is 0 Å². The first-order valence-electron chi connectivity index (χ1n) is 5.23. The summed E-state index contributed by atoms with van der Waals surface area (Å²) in [5, 5.41) is 6.82. The van der Waals surface area contributed by atoms with Crippen LogP contribution in [0.5, 0.6) is 0 Å². The molecule has 0 aliphatic carbocycles. The minimum atomic E-state index is -2.56. The van der Waals surface area contributed by atoms with Crippen molar-refractivity contribution in [3.63, 3.8) is 0 Å². The van der Waals surface area contributed by atoms with Gasteiger partial charge in [-0.2, -0.15) is 13.9 Å². The van der Waals surface area contributed by atoms with E-state index in [0.29, 0.717) is 16.1 Å². The van der Waals surface area contributed by atoms with E-state index >= 15 is 0 Å². The Labute approximate surface area is 101 Å². The van der Waals surface area contributed by atoms with E-state index < -0.39 is 6.55 Å². The Bertz CT molecular complexity index is 302. The molecule has 6 heteroatoms. The number of halogens is 3. The largest absolute Gasteiger partial charge is 0.382 e. The number of alkyl halides is 2. The summed E-state index contributed by atoms with van der Waals surface area (Å²) in [6.07, 6.45) is 4.70. The fourth-order valence-corrected chi connectivity index (χ4v) is 1.35. The molecule has 0 fully saturated rings. The second-order valence-electron chi connectivity index (χ2n) is 3.52. The third kappa shape index (κ3) is 4.35. The summed E-state index contributed by atoms with van der Waals surface area (Å²) in [6, 6.07) is 0. The van der Waals surface area contributed by atoms with Crippen molar-refractivity contribution in [1.82, 2.24) is 9.78 Å². The van der Waals surface area contributed by atoms with E-state index in [1.54, 1.807) is 6.92 Å². The molecule has 1 heterocycles. The molecule has 0 saturated heterocycles. The first-order chi connectivity index (χ1) is 7.15. The number of hydrogen-bond donors (Lipinski definition) is 1. The van der Waals surface area contributed by atoms with E-state index in [0.717, 1.165) is 25.8 Å². The van der Waals surface area contributed by atoms with Gasteiger partial charge in [-0.15, -0.1) is 12.4 Å². The fraction of sp³-hybridized carbons (Fsp3) is 0.700. The smallest absolute Gasteiger partial charge is 0.333 e. The molecule has 1 rings (SSSR count). The Morgan fingerprint density at radius 3 is 2.62 bits per heavy atom. The minimum Gasteiger partial charge on any atom is -0.382 e. The van der Waals surface area contributed by atoms with E-state index in [-0.39, 0.29) is 12.4 Å². The Balaban J connectivity index is 0.00000225. The number of anilines is 1. The van der Waals surface area contributed by atoms with Gasteiger partial charge in [-0.3, -0.25) is 0 Å². The Morgan fingerprint density at radius 2 is 2.12 bits per heavy atom. The maximum Gasteiger partial charge on any atom is 0.333 e. The number of rotatable bonds is 6. The summed E-state index contributed by atoms with van der Waals surface area (Å²) in [7, 11) is 0. The molecule has 94 valence electrons. The molecule has 16 heavy (non-hydrogen) atoms. The molecule has 0 bridgehead atoms. The zero-order valence-corrected chi connectivity index (χ0v) is 10.4. The van der Waals surface area contributed by atoms with Crippen LogP contribution in [0.3, 0.4) is 0 Å². The van der Waals surface area contributed by atoms with Gasteiger partial charge in [-0.05, 0) is 13.3 Å². The van der Waals surface area contributed by atoms with Crippen LogP contribution in [0.4, 0.5) is 14.5 Å². The summed E-state index contributed by atoms with van der Waals surface area (Å²) < 4.78 is 25.2. The van der Waals surface area contributed by atoms with Crippen molar-refractivity contribution >= 4 is 18.1 Å². The fourth-order valence-electron chi connectivity index (χ4n) is 1.35. The lowest BCUT2D eigenvalue weighted by Gasteiger charge is -2.02. The van der Waals surface area contributed by atoms with Crippen LogP contribution in [0.1, 0.15) is 38.4 Å². The number of nitrogens with zero attached hydrogens (tertiary/aromatic N) is 2. The van der Waals surface area contributed by atoms with Gasteiger partial charge in [-0.25, -0.2) is 4.68 Å². The predicted molar refractivity (Wildman–Crippen MR) is 63.5 cm³/mol. The quantitative estimate of drug-likeness (QED) is 0.785. The number of unbranched alkanes of at least 4 members (excludes halogenated alkanes) is 2. The van der Waals surface area contributed by atoms with Gasteiger partial charge in [-0.1, -0.05) is 19.8 Å². The third-order valence-corrected chi connectivity index (χ3v) is 2.21. The molecular weight excluding hydrogens is 236 g/mol. The molecule has 0 radical (unpaired) electrons. The van der Waals surface area contributed by atoms with E-state index in [1.807, 2.05) is 0 Å². The van der Waals surface area contributed by atoms with Crippen LogP contribution in [-0.2, 0) is 0 Å². The molecule has 0 atom stereocenters. The van der Waals surface area contributed by atoms with Crippen molar-refractivity contribution in [2.75, 3.05) is 11.9 Å². The maximum atomic E-state index is 12.3. The number of aryl methyl sites for hydroxylation is 1. The third-order valence-electron chi connectivity index (χ3n) is 2.21. The zero-order chi connectivity index (χ0) is 11.3. The molecule has 0 aliphatic heterocycles. The van der Waals surface area contributed by atoms with Crippen LogP contribution in [0.2, 0.25) is 0 Å². The molecule has 0 saturated carbocycles. The summed E-state index contributed by atoms with van der Waals surface area (Å²) >= 11 is 0. The van der Waals surface area contributed by atoms with E-state index in [1.165, 1.54) is 6.20 Å². The highest BCUT2D eigenvalue weighted by Crippen LogP contribution is 2.17. The van der Waals surface area contributed by atoms with Crippen molar-refractivity contribution in [1.29, 1.82) is 0 Å². The van der Waals surface area contributed by atoms with Crippen LogP contribution >= 0.6 is 12.4 Å². The van der Waals surface area contributed by atoms with Crippen molar-refractivity contribution in [3.05, 3.63) is 11.9 Å². The number of aromatic nitrogens is 2. The Hall–Kier alpha value is -0.840. The van der Waals surface area contributed by atoms with E-state index in [9.17, 15) is 8.78 Å². The molecule has 0 unspecified atom stereocenters. The number of hydrogen-bond acceptors (Lipinski definition) is 2. The van der Waals surface area contributed by atoms with Gasteiger partial charge in [0.1, 0.15) is 0 Å². The van der Waals surface area contributed by atoms with Crippen molar-refractivity contribution in [2.45, 2.75) is 39.7 Å². The van der Waals surface area contributed by atoms with Crippen molar-refractivity contribution in [3.8, 4) is 0 Å². The first kappa shape index (κ1) is 15.2. The second-order valence-corrected chi connectivity index (χ2v) is 3.52. The molecular formula is C10H18ClF2N3. The van der Waals surface area contributed by atoms with Gasteiger partial charge in [0, 0.05) is 6.54 Å². The second kappa shape index (κ2) is 7.44. The predicted octanol–water partition coefficient (Wildman–Crippen LogP) is 3.61. The summed E-state index contributed by atoms with van der Waals surface area (Å²) in [4.78, 5) is 0. The highest BCUT2D eigenvalue weighted by Gasteiger charge is 2.10. The van der Waals surface area contributed by atoms with Gasteiger partial charge >= 0.3 is 6.55 Å². The van der Waals surface area contributed by atoms with Crippen molar-refractivity contribution < 1.29 is 8.78 Å². The molecule has 1 N–H and O–H groups in total. The van der Waals surface area contributed by atoms with Crippen LogP contribution in [0, 0.1) is 6.92 Å². The summed E-state index contributed by atoms with van der Waals surface area (Å²) in [5.41, 5.74) is 1.32. The lowest BCUT2D eigenvalue weighted by molar-refractivity contribution is 0.0563. The minimum absolute atomic E-state index is 0. The van der Waals surface area contributed by atoms with Gasteiger partial charge in [0.2, 0.25) is 0 Å².